The van der Waals surface area contributed by atoms with Crippen molar-refractivity contribution in [2.45, 2.75) is 13.5 Å². The van der Waals surface area contributed by atoms with E-state index in [-0.39, 0.29) is 0 Å². The topological polar surface area (TPSA) is 21.3 Å². The van der Waals surface area contributed by atoms with Crippen molar-refractivity contribution in [3.63, 3.8) is 0 Å². The Balaban J connectivity index is 2.17. The van der Waals surface area contributed by atoms with Crippen LogP contribution in [0.5, 0.6) is 0 Å². The first-order chi connectivity index (χ1) is 6.92. The van der Waals surface area contributed by atoms with Crippen molar-refractivity contribution in [3.8, 4) is 0 Å². The van der Waals surface area contributed by atoms with Gasteiger partial charge in [0.1, 0.15) is 0 Å². The molecule has 2 aromatic rings. The second-order valence-corrected chi connectivity index (χ2v) is 3.92. The molecule has 3 heteroatoms. The van der Waals surface area contributed by atoms with Crippen molar-refractivity contribution in [2.75, 3.05) is 6.61 Å². The Morgan fingerprint density at radius 1 is 1.36 bits per heavy atom. The van der Waals surface area contributed by atoms with Gasteiger partial charge in [-0.2, -0.15) is 5.48 Å². The molecule has 1 aromatic carbocycles. The minimum absolute atomic E-state index is 0.696. The van der Waals surface area contributed by atoms with Gasteiger partial charge in [-0.05, 0) is 29.3 Å². The standard InChI is InChI=1S/C11H13NOS/c1-2-13-12-7-9-8-14-11-6-4-3-5-10(9)11/h3-6,8,12H,2,7H2,1H3. The van der Waals surface area contributed by atoms with E-state index in [1.807, 2.05) is 6.92 Å². The van der Waals surface area contributed by atoms with Crippen LogP contribution in [0.25, 0.3) is 10.1 Å². The molecule has 2 rings (SSSR count). The molecule has 1 aromatic heterocycles. The van der Waals surface area contributed by atoms with Crippen LogP contribution >= 0.6 is 11.3 Å². The Labute approximate surface area is 87.5 Å². The highest BCUT2D eigenvalue weighted by molar-refractivity contribution is 7.17. The predicted octanol–water partition coefficient (Wildman–Crippen LogP) is 2.94. The van der Waals surface area contributed by atoms with E-state index in [0.717, 1.165) is 6.54 Å². The van der Waals surface area contributed by atoms with Crippen LogP contribution in [-0.2, 0) is 11.4 Å². The molecule has 0 spiro atoms. The molecule has 0 bridgehead atoms. The number of thiophene rings is 1. The van der Waals surface area contributed by atoms with Gasteiger partial charge in [-0.3, -0.25) is 0 Å². The van der Waals surface area contributed by atoms with E-state index in [1.165, 1.54) is 15.6 Å². The van der Waals surface area contributed by atoms with E-state index in [4.69, 9.17) is 4.84 Å². The lowest BCUT2D eigenvalue weighted by atomic mass is 10.2. The Kier molecular flexibility index (Phi) is 3.14. The van der Waals surface area contributed by atoms with Crippen molar-refractivity contribution in [1.82, 2.24) is 5.48 Å². The molecule has 0 saturated carbocycles. The quantitative estimate of drug-likeness (QED) is 0.615. The second kappa shape index (κ2) is 4.55. The van der Waals surface area contributed by atoms with E-state index < -0.39 is 0 Å². The molecule has 0 aliphatic heterocycles. The fourth-order valence-electron chi connectivity index (χ4n) is 1.40. The number of hydrogen-bond donors (Lipinski definition) is 1. The van der Waals surface area contributed by atoms with Crippen molar-refractivity contribution >= 4 is 21.4 Å². The molecule has 1 N–H and O–H groups in total. The summed E-state index contributed by atoms with van der Waals surface area (Å²) in [7, 11) is 0. The number of hydroxylamine groups is 1. The van der Waals surface area contributed by atoms with Gasteiger partial charge in [-0.25, -0.2) is 0 Å². The zero-order valence-electron chi connectivity index (χ0n) is 8.12. The first-order valence-electron chi connectivity index (χ1n) is 4.71. The number of benzene rings is 1. The Bertz CT molecular complexity index is 410. The van der Waals surface area contributed by atoms with Crippen LogP contribution in [0.3, 0.4) is 0 Å². The lowest BCUT2D eigenvalue weighted by Gasteiger charge is -2.01. The predicted molar refractivity (Wildman–Crippen MR) is 60.3 cm³/mol. The monoisotopic (exact) mass is 207 g/mol. The molecule has 0 fully saturated rings. The highest BCUT2D eigenvalue weighted by Crippen LogP contribution is 2.25. The summed E-state index contributed by atoms with van der Waals surface area (Å²) in [6.07, 6.45) is 0. The molecule has 0 amide bonds. The maximum atomic E-state index is 5.11. The van der Waals surface area contributed by atoms with Gasteiger partial charge >= 0.3 is 0 Å². The van der Waals surface area contributed by atoms with Crippen LogP contribution in [0, 0.1) is 0 Å². The van der Waals surface area contributed by atoms with Gasteiger partial charge in [0.05, 0.1) is 6.61 Å². The number of rotatable bonds is 4. The van der Waals surface area contributed by atoms with Crippen molar-refractivity contribution < 1.29 is 4.84 Å². The van der Waals surface area contributed by atoms with Crippen LogP contribution in [0.15, 0.2) is 29.6 Å². The van der Waals surface area contributed by atoms with Gasteiger partial charge in [0.25, 0.3) is 0 Å². The molecule has 1 heterocycles. The Hall–Kier alpha value is -0.900. The largest absolute Gasteiger partial charge is 0.302 e. The number of fused-ring (bicyclic) bond motifs is 1. The summed E-state index contributed by atoms with van der Waals surface area (Å²) in [5.74, 6) is 0. The number of hydrogen-bond acceptors (Lipinski definition) is 3. The summed E-state index contributed by atoms with van der Waals surface area (Å²) < 4.78 is 1.33. The molecular weight excluding hydrogens is 194 g/mol. The molecule has 0 unspecified atom stereocenters. The molecule has 74 valence electrons. The van der Waals surface area contributed by atoms with Crippen LogP contribution in [0.4, 0.5) is 0 Å². The highest BCUT2D eigenvalue weighted by Gasteiger charge is 2.01. The highest BCUT2D eigenvalue weighted by atomic mass is 32.1. The molecule has 0 radical (unpaired) electrons. The molecule has 0 saturated heterocycles. The lowest BCUT2D eigenvalue weighted by Crippen LogP contribution is -2.13. The van der Waals surface area contributed by atoms with E-state index in [2.05, 4.69) is 35.1 Å². The van der Waals surface area contributed by atoms with Gasteiger partial charge in [0.15, 0.2) is 0 Å². The zero-order chi connectivity index (χ0) is 9.80. The fourth-order valence-corrected chi connectivity index (χ4v) is 2.36. The van der Waals surface area contributed by atoms with Crippen molar-refractivity contribution in [2.24, 2.45) is 0 Å². The summed E-state index contributed by atoms with van der Waals surface area (Å²) in [5, 5.41) is 3.50. The van der Waals surface area contributed by atoms with Crippen LogP contribution in [0.1, 0.15) is 12.5 Å². The van der Waals surface area contributed by atoms with Crippen molar-refractivity contribution in [1.29, 1.82) is 0 Å². The van der Waals surface area contributed by atoms with Crippen molar-refractivity contribution in [3.05, 3.63) is 35.2 Å². The summed E-state index contributed by atoms with van der Waals surface area (Å²) in [6, 6.07) is 8.43. The van der Waals surface area contributed by atoms with Gasteiger partial charge in [0, 0.05) is 11.2 Å². The summed E-state index contributed by atoms with van der Waals surface area (Å²) in [5.41, 5.74) is 4.24. The van der Waals surface area contributed by atoms with Gasteiger partial charge in [0.2, 0.25) is 0 Å². The first kappa shape index (κ1) is 9.65. The summed E-state index contributed by atoms with van der Waals surface area (Å²) in [6.45, 7) is 3.44. The van der Waals surface area contributed by atoms with Gasteiger partial charge < -0.3 is 4.84 Å². The minimum atomic E-state index is 0.696. The Morgan fingerprint density at radius 3 is 3.07 bits per heavy atom. The van der Waals surface area contributed by atoms with Gasteiger partial charge in [-0.15, -0.1) is 11.3 Å². The summed E-state index contributed by atoms with van der Waals surface area (Å²) in [4.78, 5) is 5.11. The molecule has 0 atom stereocenters. The van der Waals surface area contributed by atoms with Crippen LogP contribution in [-0.4, -0.2) is 6.61 Å². The van der Waals surface area contributed by atoms with E-state index in [9.17, 15) is 0 Å². The fraction of sp³-hybridized carbons (Fsp3) is 0.273. The third-order valence-corrected chi connectivity index (χ3v) is 3.08. The molecule has 2 nitrogen and oxygen atoms in total. The SMILES string of the molecule is CCONCc1csc2ccccc12. The normalized spacial score (nSPS) is 10.9. The van der Waals surface area contributed by atoms with Crippen LogP contribution in [0.2, 0.25) is 0 Å². The second-order valence-electron chi connectivity index (χ2n) is 3.01. The summed E-state index contributed by atoms with van der Waals surface area (Å²) >= 11 is 1.78. The Morgan fingerprint density at radius 2 is 2.21 bits per heavy atom. The zero-order valence-corrected chi connectivity index (χ0v) is 8.93. The lowest BCUT2D eigenvalue weighted by molar-refractivity contribution is 0.0466. The smallest absolute Gasteiger partial charge is 0.0654 e. The maximum Gasteiger partial charge on any atom is 0.0654 e. The minimum Gasteiger partial charge on any atom is -0.302 e. The third-order valence-electron chi connectivity index (χ3n) is 2.07. The van der Waals surface area contributed by atoms with E-state index in [1.54, 1.807) is 11.3 Å². The molecule has 14 heavy (non-hydrogen) atoms. The molecule has 0 aliphatic rings. The average Bonchev–Trinajstić information content (AvgIpc) is 2.63. The average molecular weight is 207 g/mol. The van der Waals surface area contributed by atoms with Crippen LogP contribution < -0.4 is 5.48 Å². The maximum absolute atomic E-state index is 5.11. The number of nitrogens with one attached hydrogen (secondary N) is 1. The molecular formula is C11H13NOS. The molecule has 0 aliphatic carbocycles. The third kappa shape index (κ3) is 1.95. The van der Waals surface area contributed by atoms with Gasteiger partial charge in [-0.1, -0.05) is 18.2 Å². The first-order valence-corrected chi connectivity index (χ1v) is 5.59. The van der Waals surface area contributed by atoms with E-state index in [0.29, 0.717) is 6.61 Å². The van der Waals surface area contributed by atoms with E-state index >= 15 is 0 Å².